The van der Waals surface area contributed by atoms with Gasteiger partial charge in [-0.3, -0.25) is 14.3 Å². The highest BCUT2D eigenvalue weighted by Crippen LogP contribution is 2.51. The summed E-state index contributed by atoms with van der Waals surface area (Å²) in [6.07, 6.45) is 10.3. The molecule has 39 heavy (non-hydrogen) atoms. The Kier molecular flexibility index (Phi) is 6.56. The van der Waals surface area contributed by atoms with E-state index in [0.29, 0.717) is 39.1 Å². The van der Waals surface area contributed by atoms with Crippen LogP contribution in [0.1, 0.15) is 72.7 Å². The largest absolute Gasteiger partial charge is 0.618 e. The molecule has 0 aromatic carbocycles. The highest BCUT2D eigenvalue weighted by Gasteiger charge is 2.48. The van der Waals surface area contributed by atoms with Crippen molar-refractivity contribution in [3.8, 4) is 11.1 Å². The smallest absolute Gasteiger partial charge is 0.270 e. The highest BCUT2D eigenvalue weighted by atomic mass is 19.1. The van der Waals surface area contributed by atoms with E-state index in [4.69, 9.17) is 0 Å². The second kappa shape index (κ2) is 10.1. The van der Waals surface area contributed by atoms with Crippen LogP contribution in [-0.2, 0) is 4.79 Å². The first kappa shape index (κ1) is 25.5. The van der Waals surface area contributed by atoms with Crippen LogP contribution in [0, 0.1) is 42.8 Å². The van der Waals surface area contributed by atoms with Crippen LogP contribution >= 0.6 is 0 Å². The summed E-state index contributed by atoms with van der Waals surface area (Å²) in [6.45, 7) is 3.39. The summed E-state index contributed by atoms with van der Waals surface area (Å²) in [5.74, 6) is -0.633. The zero-order valence-corrected chi connectivity index (χ0v) is 22.2. The number of hydrogen-bond donors (Lipinski definition) is 2. The average molecular weight is 533 g/mol. The molecule has 10 heteroatoms. The Labute approximate surface area is 226 Å². The number of carbonyl (C=O) groups excluding carboxylic acids is 2. The van der Waals surface area contributed by atoms with E-state index in [0.717, 1.165) is 44.9 Å². The van der Waals surface area contributed by atoms with Crippen molar-refractivity contribution in [2.24, 2.45) is 17.8 Å². The maximum absolute atomic E-state index is 15.2. The number of aryl methyl sites for hydroxylation is 1. The Balaban J connectivity index is 1.24. The zero-order chi connectivity index (χ0) is 27.3. The van der Waals surface area contributed by atoms with Gasteiger partial charge in [0, 0.05) is 24.2 Å². The van der Waals surface area contributed by atoms with Gasteiger partial charge in [0.15, 0.2) is 11.9 Å². The van der Waals surface area contributed by atoms with E-state index >= 15 is 4.39 Å². The maximum atomic E-state index is 15.2. The van der Waals surface area contributed by atoms with Crippen LogP contribution < -0.4 is 15.4 Å². The molecule has 0 radical (unpaired) electrons. The molecule has 3 aromatic heterocycles. The fraction of sp³-hybridized carbons (Fsp3) is 0.483. The third-order valence-corrected chi connectivity index (χ3v) is 8.41. The molecule has 3 saturated carbocycles. The van der Waals surface area contributed by atoms with Crippen molar-refractivity contribution in [2.75, 3.05) is 5.32 Å². The lowest BCUT2D eigenvalue weighted by molar-refractivity contribution is -0.612. The normalized spacial score (nSPS) is 18.1. The second-order valence-electron chi connectivity index (χ2n) is 11.3. The van der Waals surface area contributed by atoms with Gasteiger partial charge in [0.25, 0.3) is 5.91 Å². The van der Waals surface area contributed by atoms with Crippen molar-refractivity contribution in [2.45, 2.75) is 70.9 Å². The fourth-order valence-electron chi connectivity index (χ4n) is 5.81. The first-order valence-corrected chi connectivity index (χ1v) is 13.8. The molecule has 0 unspecified atom stereocenters. The van der Waals surface area contributed by atoms with Crippen molar-refractivity contribution in [3.05, 3.63) is 64.8 Å². The van der Waals surface area contributed by atoms with Crippen molar-refractivity contribution in [1.29, 1.82) is 0 Å². The van der Waals surface area contributed by atoms with Crippen LogP contribution in [0.2, 0.25) is 0 Å². The van der Waals surface area contributed by atoms with Gasteiger partial charge in [-0.25, -0.2) is 4.98 Å². The number of rotatable bonds is 9. The number of anilines is 1. The molecule has 9 nitrogen and oxygen atoms in total. The van der Waals surface area contributed by atoms with Crippen molar-refractivity contribution < 1.29 is 18.7 Å². The Morgan fingerprint density at radius 2 is 1.79 bits per heavy atom. The minimum atomic E-state index is -0.785. The number of amides is 2. The quantitative estimate of drug-likeness (QED) is 0.243. The van der Waals surface area contributed by atoms with Crippen molar-refractivity contribution >= 4 is 17.6 Å². The van der Waals surface area contributed by atoms with Gasteiger partial charge < -0.3 is 15.8 Å². The van der Waals surface area contributed by atoms with Crippen LogP contribution in [0.25, 0.3) is 11.1 Å². The van der Waals surface area contributed by atoms with Crippen molar-refractivity contribution in [3.63, 3.8) is 0 Å². The number of pyridine rings is 2. The van der Waals surface area contributed by atoms with Gasteiger partial charge in [-0.15, -0.1) is 0 Å². The Hall–Kier alpha value is -3.82. The zero-order valence-electron chi connectivity index (χ0n) is 22.2. The van der Waals surface area contributed by atoms with Gasteiger partial charge in [0.1, 0.15) is 17.6 Å². The third-order valence-electron chi connectivity index (χ3n) is 8.41. The lowest BCUT2D eigenvalue weighted by Gasteiger charge is -2.29. The van der Waals surface area contributed by atoms with Crippen LogP contribution in [0.5, 0.6) is 0 Å². The predicted octanol–water partition coefficient (Wildman–Crippen LogP) is 4.23. The standard InChI is InChI=1S/C29H33FN6O3/c1-16-14-22(17(2)35(39)15-16)21-10-11-24(32-27(21)30)33-29(38)26(25(18-6-7-18)19-8-9-19)34-28(37)23-12-13-31-36(23)20-4-3-5-20/h10-15,18-20,25-26H,3-9H2,1-2H3,(H,34,37)(H,32,33,38)/t26-/m0/s1. The van der Waals surface area contributed by atoms with Gasteiger partial charge in [0.2, 0.25) is 11.9 Å². The monoisotopic (exact) mass is 532 g/mol. The highest BCUT2D eigenvalue weighted by molar-refractivity contribution is 6.00. The minimum Gasteiger partial charge on any atom is -0.618 e. The summed E-state index contributed by atoms with van der Waals surface area (Å²) >= 11 is 0. The molecule has 3 fully saturated rings. The van der Waals surface area contributed by atoms with Gasteiger partial charge in [-0.05, 0) is 93.9 Å². The molecule has 0 spiro atoms. The lowest BCUT2D eigenvalue weighted by Crippen LogP contribution is -2.50. The summed E-state index contributed by atoms with van der Waals surface area (Å²) in [5, 5.41) is 22.3. The van der Waals surface area contributed by atoms with Crippen LogP contribution in [0.4, 0.5) is 10.2 Å². The third kappa shape index (κ3) is 5.12. The van der Waals surface area contributed by atoms with Crippen LogP contribution in [0.3, 0.4) is 0 Å². The molecule has 3 heterocycles. The van der Waals surface area contributed by atoms with Crippen LogP contribution in [-0.4, -0.2) is 32.6 Å². The molecule has 204 valence electrons. The number of aromatic nitrogens is 4. The summed E-state index contributed by atoms with van der Waals surface area (Å²) in [7, 11) is 0. The minimum absolute atomic E-state index is 0.0283. The van der Waals surface area contributed by atoms with E-state index in [9.17, 15) is 14.8 Å². The van der Waals surface area contributed by atoms with E-state index in [1.807, 2.05) is 0 Å². The molecule has 3 aliphatic rings. The maximum Gasteiger partial charge on any atom is 0.270 e. The van der Waals surface area contributed by atoms with E-state index in [1.54, 1.807) is 36.9 Å². The molecule has 3 aliphatic carbocycles. The molecule has 2 amide bonds. The average Bonchev–Trinajstić information content (AvgIpc) is 3.80. The number of halogens is 1. The second-order valence-corrected chi connectivity index (χ2v) is 11.3. The number of hydrogen-bond acceptors (Lipinski definition) is 5. The Morgan fingerprint density at radius 1 is 1.08 bits per heavy atom. The first-order chi connectivity index (χ1) is 18.8. The summed E-state index contributed by atoms with van der Waals surface area (Å²) in [5.41, 5.74) is 2.15. The summed E-state index contributed by atoms with van der Waals surface area (Å²) in [6, 6.07) is 5.93. The SMILES string of the molecule is Cc1cc(-c2ccc(NC(=O)[C@@H](NC(=O)c3ccnn3C3CCC3)C(C3CC3)C3CC3)nc2F)c(C)[n+]([O-])c1. The lowest BCUT2D eigenvalue weighted by atomic mass is 9.88. The van der Waals surface area contributed by atoms with E-state index in [2.05, 4.69) is 20.7 Å². The van der Waals surface area contributed by atoms with Crippen molar-refractivity contribution in [1.82, 2.24) is 20.1 Å². The Morgan fingerprint density at radius 3 is 2.41 bits per heavy atom. The van der Waals surface area contributed by atoms with Gasteiger partial charge in [-0.1, -0.05) is 0 Å². The predicted molar refractivity (Wildman–Crippen MR) is 142 cm³/mol. The molecule has 1 atom stereocenters. The van der Waals surface area contributed by atoms with Gasteiger partial charge in [-0.2, -0.15) is 14.2 Å². The molecule has 0 aliphatic heterocycles. The van der Waals surface area contributed by atoms with E-state index in [1.165, 1.54) is 18.3 Å². The number of nitrogens with one attached hydrogen (secondary N) is 2. The molecular weight excluding hydrogens is 499 g/mol. The molecule has 6 rings (SSSR count). The first-order valence-electron chi connectivity index (χ1n) is 13.8. The Bertz CT molecular complexity index is 1410. The summed E-state index contributed by atoms with van der Waals surface area (Å²) < 4.78 is 17.6. The molecular formula is C29H33FN6O3. The number of nitrogens with zero attached hydrogens (tertiary/aromatic N) is 4. The molecule has 0 saturated heterocycles. The van der Waals surface area contributed by atoms with Gasteiger partial charge >= 0.3 is 0 Å². The fourth-order valence-corrected chi connectivity index (χ4v) is 5.81. The van der Waals surface area contributed by atoms with Gasteiger partial charge in [0.05, 0.1) is 11.6 Å². The van der Waals surface area contributed by atoms with E-state index < -0.39 is 17.9 Å². The molecule has 0 bridgehead atoms. The molecule has 2 N–H and O–H groups in total. The summed E-state index contributed by atoms with van der Waals surface area (Å²) in [4.78, 5) is 31.1. The van der Waals surface area contributed by atoms with Crippen LogP contribution in [0.15, 0.2) is 36.7 Å². The molecule has 3 aromatic rings. The topological polar surface area (TPSA) is 116 Å². The number of carbonyl (C=O) groups is 2. The van der Waals surface area contributed by atoms with E-state index in [-0.39, 0.29) is 29.2 Å².